The summed E-state index contributed by atoms with van der Waals surface area (Å²) in [4.78, 5) is 35.7. The van der Waals surface area contributed by atoms with Crippen LogP contribution in [-0.2, 0) is 14.6 Å². The molecule has 0 saturated carbocycles. The largest absolute Gasteiger partial charge is 0.453 e. The summed E-state index contributed by atoms with van der Waals surface area (Å²) in [5, 5.41) is 5.85. The standard InChI is InChI=1S/C17H18N2O6S2/c1-10(2)27(23,24)12-6-4-11(5-7-12)14(20)18-16-13(8-9-26-16)15(21)19-17(22)25-3/h4-10H,1-3H3,(H,18,20)(H,19,21,22). The smallest absolute Gasteiger partial charge is 0.413 e. The van der Waals surface area contributed by atoms with Crippen LogP contribution in [0.3, 0.4) is 0 Å². The lowest BCUT2D eigenvalue weighted by atomic mass is 10.2. The minimum absolute atomic E-state index is 0.109. The van der Waals surface area contributed by atoms with E-state index in [1.54, 1.807) is 19.2 Å². The van der Waals surface area contributed by atoms with Crippen LogP contribution in [0.1, 0.15) is 34.6 Å². The third-order valence-electron chi connectivity index (χ3n) is 3.60. The highest BCUT2D eigenvalue weighted by Crippen LogP contribution is 2.24. The van der Waals surface area contributed by atoms with E-state index in [0.29, 0.717) is 0 Å². The second-order valence-corrected chi connectivity index (χ2v) is 9.10. The van der Waals surface area contributed by atoms with Gasteiger partial charge in [-0.05, 0) is 49.6 Å². The van der Waals surface area contributed by atoms with Gasteiger partial charge in [-0.15, -0.1) is 11.3 Å². The number of rotatable bonds is 5. The van der Waals surface area contributed by atoms with Crippen LogP contribution in [-0.4, -0.2) is 38.7 Å². The number of ether oxygens (including phenoxy) is 1. The van der Waals surface area contributed by atoms with Crippen molar-refractivity contribution in [1.82, 2.24) is 5.32 Å². The maximum absolute atomic E-state index is 12.4. The van der Waals surface area contributed by atoms with E-state index in [-0.39, 0.29) is 21.0 Å². The van der Waals surface area contributed by atoms with Gasteiger partial charge in [0.05, 0.1) is 22.8 Å². The van der Waals surface area contributed by atoms with Crippen molar-refractivity contribution in [3.8, 4) is 0 Å². The van der Waals surface area contributed by atoms with Gasteiger partial charge < -0.3 is 10.1 Å². The first-order valence-electron chi connectivity index (χ1n) is 7.79. The van der Waals surface area contributed by atoms with E-state index in [9.17, 15) is 22.8 Å². The highest BCUT2D eigenvalue weighted by Gasteiger charge is 2.21. The van der Waals surface area contributed by atoms with Gasteiger partial charge in [-0.1, -0.05) is 0 Å². The molecule has 0 aliphatic rings. The van der Waals surface area contributed by atoms with Crippen molar-refractivity contribution in [2.24, 2.45) is 0 Å². The molecular formula is C17H18N2O6S2. The number of amides is 3. The molecule has 10 heteroatoms. The molecule has 1 aromatic carbocycles. The third kappa shape index (κ3) is 4.72. The summed E-state index contributed by atoms with van der Waals surface area (Å²) in [5.74, 6) is -1.23. The number of methoxy groups -OCH3 is 1. The highest BCUT2D eigenvalue weighted by molar-refractivity contribution is 7.92. The summed E-state index contributed by atoms with van der Waals surface area (Å²) in [6.07, 6.45) is -0.912. The number of sulfone groups is 1. The van der Waals surface area contributed by atoms with E-state index in [1.807, 2.05) is 5.32 Å². The van der Waals surface area contributed by atoms with Gasteiger partial charge in [-0.3, -0.25) is 14.9 Å². The fraction of sp³-hybridized carbons (Fsp3) is 0.235. The van der Waals surface area contributed by atoms with Crippen molar-refractivity contribution in [1.29, 1.82) is 0 Å². The molecule has 0 saturated heterocycles. The van der Waals surface area contributed by atoms with Gasteiger partial charge in [-0.25, -0.2) is 13.2 Å². The predicted molar refractivity (Wildman–Crippen MR) is 101 cm³/mol. The number of hydrogen-bond donors (Lipinski definition) is 2. The van der Waals surface area contributed by atoms with Crippen molar-refractivity contribution in [2.45, 2.75) is 24.0 Å². The molecule has 0 atom stereocenters. The minimum Gasteiger partial charge on any atom is -0.453 e. The molecule has 1 heterocycles. The van der Waals surface area contributed by atoms with Gasteiger partial charge in [0.15, 0.2) is 9.84 Å². The SMILES string of the molecule is COC(=O)NC(=O)c1ccsc1NC(=O)c1ccc(S(=O)(=O)C(C)C)cc1. The Balaban J connectivity index is 2.16. The first-order chi connectivity index (χ1) is 12.7. The van der Waals surface area contributed by atoms with E-state index < -0.39 is 33.0 Å². The number of carbonyl (C=O) groups is 3. The third-order valence-corrected chi connectivity index (χ3v) is 6.60. The van der Waals surface area contributed by atoms with Crippen molar-refractivity contribution in [2.75, 3.05) is 12.4 Å². The zero-order chi connectivity index (χ0) is 20.2. The van der Waals surface area contributed by atoms with Crippen LogP contribution < -0.4 is 10.6 Å². The van der Waals surface area contributed by atoms with Gasteiger partial charge in [0.25, 0.3) is 11.8 Å². The number of anilines is 1. The Morgan fingerprint density at radius 2 is 1.67 bits per heavy atom. The van der Waals surface area contributed by atoms with E-state index >= 15 is 0 Å². The lowest BCUT2D eigenvalue weighted by Gasteiger charge is -2.09. The van der Waals surface area contributed by atoms with Gasteiger partial charge in [-0.2, -0.15) is 0 Å². The van der Waals surface area contributed by atoms with Crippen molar-refractivity contribution in [3.63, 3.8) is 0 Å². The Kier molecular flexibility index (Phi) is 6.34. The maximum Gasteiger partial charge on any atom is 0.413 e. The Hall–Kier alpha value is -2.72. The van der Waals surface area contributed by atoms with Crippen LogP contribution >= 0.6 is 11.3 Å². The molecule has 2 rings (SSSR count). The molecule has 27 heavy (non-hydrogen) atoms. The maximum atomic E-state index is 12.4. The molecule has 0 aliphatic carbocycles. The molecule has 3 amide bonds. The predicted octanol–water partition coefficient (Wildman–Crippen LogP) is 2.68. The van der Waals surface area contributed by atoms with Crippen LogP contribution in [0.25, 0.3) is 0 Å². The first kappa shape index (κ1) is 20.6. The van der Waals surface area contributed by atoms with E-state index in [4.69, 9.17) is 0 Å². The number of carbonyl (C=O) groups excluding carboxylic acids is 3. The summed E-state index contributed by atoms with van der Waals surface area (Å²) in [5.41, 5.74) is 0.336. The second kappa shape index (κ2) is 8.31. The second-order valence-electron chi connectivity index (χ2n) is 5.68. The van der Waals surface area contributed by atoms with Gasteiger partial charge in [0.1, 0.15) is 5.00 Å². The zero-order valence-electron chi connectivity index (χ0n) is 14.8. The fourth-order valence-corrected chi connectivity index (χ4v) is 3.88. The van der Waals surface area contributed by atoms with Crippen molar-refractivity contribution in [3.05, 3.63) is 46.8 Å². The molecule has 0 bridgehead atoms. The van der Waals surface area contributed by atoms with Gasteiger partial charge >= 0.3 is 6.09 Å². The Bertz CT molecular complexity index is 962. The lowest BCUT2D eigenvalue weighted by Crippen LogP contribution is -2.30. The van der Waals surface area contributed by atoms with Crippen LogP contribution in [0.5, 0.6) is 0 Å². The normalized spacial score (nSPS) is 11.1. The van der Waals surface area contributed by atoms with E-state index in [0.717, 1.165) is 18.4 Å². The monoisotopic (exact) mass is 410 g/mol. The summed E-state index contributed by atoms with van der Waals surface area (Å²) < 4.78 is 28.6. The van der Waals surface area contributed by atoms with Crippen LogP contribution in [0.2, 0.25) is 0 Å². The zero-order valence-corrected chi connectivity index (χ0v) is 16.4. The number of hydrogen-bond acceptors (Lipinski definition) is 7. The van der Waals surface area contributed by atoms with Crippen LogP contribution in [0.15, 0.2) is 40.6 Å². The summed E-state index contributed by atoms with van der Waals surface area (Å²) >= 11 is 1.11. The number of imide groups is 1. The quantitative estimate of drug-likeness (QED) is 0.782. The molecular weight excluding hydrogens is 392 g/mol. The van der Waals surface area contributed by atoms with E-state index in [2.05, 4.69) is 10.1 Å². The number of benzene rings is 1. The Labute approximate surface area is 160 Å². The average molecular weight is 410 g/mol. The summed E-state index contributed by atoms with van der Waals surface area (Å²) in [6, 6.07) is 6.97. The minimum atomic E-state index is -3.43. The summed E-state index contributed by atoms with van der Waals surface area (Å²) in [6.45, 7) is 3.15. The molecule has 2 aromatic rings. The Morgan fingerprint density at radius 1 is 1.04 bits per heavy atom. The van der Waals surface area contributed by atoms with Crippen LogP contribution in [0, 0.1) is 0 Å². The molecule has 8 nitrogen and oxygen atoms in total. The molecule has 1 aromatic heterocycles. The van der Waals surface area contributed by atoms with Crippen molar-refractivity contribution >= 4 is 44.1 Å². The van der Waals surface area contributed by atoms with Crippen LogP contribution in [0.4, 0.5) is 9.80 Å². The molecule has 144 valence electrons. The molecule has 0 aliphatic heterocycles. The number of nitrogens with one attached hydrogen (secondary N) is 2. The average Bonchev–Trinajstić information content (AvgIpc) is 3.09. The Morgan fingerprint density at radius 3 is 2.22 bits per heavy atom. The first-order valence-corrected chi connectivity index (χ1v) is 10.2. The van der Waals surface area contributed by atoms with E-state index in [1.165, 1.54) is 30.3 Å². The van der Waals surface area contributed by atoms with Crippen molar-refractivity contribution < 1.29 is 27.5 Å². The molecule has 0 spiro atoms. The highest BCUT2D eigenvalue weighted by atomic mass is 32.2. The number of alkyl carbamates (subject to hydrolysis) is 1. The molecule has 0 fully saturated rings. The number of thiophene rings is 1. The van der Waals surface area contributed by atoms with Gasteiger partial charge in [0, 0.05) is 5.56 Å². The summed E-state index contributed by atoms with van der Waals surface area (Å²) in [7, 11) is -2.30. The molecule has 0 radical (unpaired) electrons. The lowest BCUT2D eigenvalue weighted by molar-refractivity contribution is 0.0938. The fourth-order valence-electron chi connectivity index (χ4n) is 2.04. The topological polar surface area (TPSA) is 119 Å². The molecule has 2 N–H and O–H groups in total. The van der Waals surface area contributed by atoms with Gasteiger partial charge in [0.2, 0.25) is 0 Å². The molecule has 0 unspecified atom stereocenters.